The molecule has 0 saturated heterocycles. The van der Waals surface area contributed by atoms with Gasteiger partial charge in [0.15, 0.2) is 0 Å². The van der Waals surface area contributed by atoms with Gasteiger partial charge in [0.1, 0.15) is 11.7 Å². The number of hydrogen-bond donors (Lipinski definition) is 1. The first-order valence-electron chi connectivity index (χ1n) is 9.06. The molecule has 1 atom stereocenters. The Bertz CT molecular complexity index is 957. The molecule has 2 aromatic rings. The molecule has 144 valence electrons. The number of fused-ring (bicyclic) bond motifs is 1. The van der Waals surface area contributed by atoms with Gasteiger partial charge in [-0.15, -0.1) is 0 Å². The molecule has 6 heteroatoms. The molecular weight excluding hydrogens is 354 g/mol. The highest BCUT2D eigenvalue weighted by Gasteiger charge is 2.54. The Labute approximate surface area is 164 Å². The van der Waals surface area contributed by atoms with Gasteiger partial charge < -0.3 is 9.64 Å². The number of nitrogens with one attached hydrogen (secondary N) is 1. The SMILES string of the molecule is Cc1cccc2c1N(Cc1ccccc1)C(=O)[C@@]2(C#N)NC(=O)OC(C)(C)C. The number of anilines is 1. The molecule has 0 bridgehead atoms. The third-order valence-corrected chi connectivity index (χ3v) is 4.52. The van der Waals surface area contributed by atoms with Crippen molar-refractivity contribution >= 4 is 17.7 Å². The number of aryl methyl sites for hydroxylation is 1. The molecule has 2 aromatic carbocycles. The number of carbonyl (C=O) groups excluding carboxylic acids is 2. The molecule has 0 unspecified atom stereocenters. The molecule has 1 heterocycles. The van der Waals surface area contributed by atoms with E-state index in [1.165, 1.54) is 0 Å². The van der Waals surface area contributed by atoms with Crippen LogP contribution in [0.15, 0.2) is 48.5 Å². The predicted molar refractivity (Wildman–Crippen MR) is 105 cm³/mol. The summed E-state index contributed by atoms with van der Waals surface area (Å²) < 4.78 is 5.30. The topological polar surface area (TPSA) is 82.4 Å². The van der Waals surface area contributed by atoms with Crippen LogP contribution in [-0.2, 0) is 21.6 Å². The van der Waals surface area contributed by atoms with E-state index in [1.54, 1.807) is 37.8 Å². The van der Waals surface area contributed by atoms with E-state index in [9.17, 15) is 14.9 Å². The molecule has 0 saturated carbocycles. The number of para-hydroxylation sites is 1. The second-order valence-electron chi connectivity index (χ2n) is 7.84. The van der Waals surface area contributed by atoms with Crippen molar-refractivity contribution in [2.45, 2.75) is 45.4 Å². The molecule has 1 aliphatic rings. The average Bonchev–Trinajstić information content (AvgIpc) is 2.85. The summed E-state index contributed by atoms with van der Waals surface area (Å²) >= 11 is 0. The molecular formula is C22H23N3O3. The van der Waals surface area contributed by atoms with Crippen molar-refractivity contribution in [1.82, 2.24) is 5.32 Å². The number of nitrogens with zero attached hydrogens (tertiary/aromatic N) is 2. The second kappa shape index (κ2) is 7.01. The molecule has 2 amide bonds. The van der Waals surface area contributed by atoms with Crippen LogP contribution in [0.4, 0.5) is 10.5 Å². The third-order valence-electron chi connectivity index (χ3n) is 4.52. The first-order chi connectivity index (χ1) is 13.2. The van der Waals surface area contributed by atoms with Crippen molar-refractivity contribution in [3.05, 3.63) is 65.2 Å². The number of rotatable bonds is 3. The monoisotopic (exact) mass is 377 g/mol. The minimum absolute atomic E-state index is 0.303. The number of ether oxygens (including phenoxy) is 1. The van der Waals surface area contributed by atoms with Crippen molar-refractivity contribution in [3.63, 3.8) is 0 Å². The van der Waals surface area contributed by atoms with Crippen LogP contribution in [-0.4, -0.2) is 17.6 Å². The summed E-state index contributed by atoms with van der Waals surface area (Å²) in [5, 5.41) is 12.5. The smallest absolute Gasteiger partial charge is 0.409 e. The van der Waals surface area contributed by atoms with Gasteiger partial charge >= 0.3 is 6.09 Å². The molecule has 0 fully saturated rings. The quantitative estimate of drug-likeness (QED) is 0.882. The van der Waals surface area contributed by atoms with E-state index >= 15 is 0 Å². The highest BCUT2D eigenvalue weighted by Crippen LogP contribution is 2.43. The van der Waals surface area contributed by atoms with Gasteiger partial charge in [-0.25, -0.2) is 4.79 Å². The lowest BCUT2D eigenvalue weighted by Crippen LogP contribution is -2.53. The van der Waals surface area contributed by atoms with Gasteiger partial charge in [0.2, 0.25) is 5.54 Å². The number of hydrogen-bond acceptors (Lipinski definition) is 4. The number of carbonyl (C=O) groups is 2. The Hall–Kier alpha value is -3.33. The number of alkyl carbamates (subject to hydrolysis) is 1. The zero-order valence-corrected chi connectivity index (χ0v) is 16.4. The predicted octanol–water partition coefficient (Wildman–Crippen LogP) is 3.79. The van der Waals surface area contributed by atoms with Crippen molar-refractivity contribution in [1.29, 1.82) is 5.26 Å². The number of nitriles is 1. The summed E-state index contributed by atoms with van der Waals surface area (Å²) in [5.74, 6) is -0.492. The zero-order valence-electron chi connectivity index (χ0n) is 16.4. The van der Waals surface area contributed by atoms with E-state index in [-0.39, 0.29) is 0 Å². The van der Waals surface area contributed by atoms with Crippen molar-refractivity contribution in [3.8, 4) is 6.07 Å². The third kappa shape index (κ3) is 3.44. The molecule has 1 aliphatic heterocycles. The lowest BCUT2D eigenvalue weighted by Gasteiger charge is -2.26. The van der Waals surface area contributed by atoms with E-state index in [1.807, 2.05) is 49.4 Å². The maximum atomic E-state index is 13.4. The zero-order chi connectivity index (χ0) is 20.5. The second-order valence-corrected chi connectivity index (χ2v) is 7.84. The maximum absolute atomic E-state index is 13.4. The fourth-order valence-electron chi connectivity index (χ4n) is 3.37. The Kier molecular flexibility index (Phi) is 4.86. The van der Waals surface area contributed by atoms with Crippen LogP contribution in [0, 0.1) is 18.3 Å². The summed E-state index contributed by atoms with van der Waals surface area (Å²) in [7, 11) is 0. The van der Waals surface area contributed by atoms with Crippen LogP contribution in [0.5, 0.6) is 0 Å². The largest absolute Gasteiger partial charge is 0.444 e. The standard InChI is InChI=1S/C22H23N3O3/c1-15-9-8-12-17-18(15)25(13-16-10-6-5-7-11-16)19(26)22(17,14-23)24-20(27)28-21(2,3)4/h5-12H,13H2,1-4H3,(H,24,27)/t22-/m0/s1. The van der Waals surface area contributed by atoms with Gasteiger partial charge in [0, 0.05) is 5.56 Å². The van der Waals surface area contributed by atoms with Crippen molar-refractivity contribution in [2.24, 2.45) is 0 Å². The van der Waals surface area contributed by atoms with Crippen LogP contribution in [0.25, 0.3) is 0 Å². The van der Waals surface area contributed by atoms with Crippen LogP contribution in [0.3, 0.4) is 0 Å². The fraction of sp³-hybridized carbons (Fsp3) is 0.318. The Morgan fingerprint density at radius 3 is 2.46 bits per heavy atom. The highest BCUT2D eigenvalue weighted by molar-refractivity contribution is 6.11. The average molecular weight is 377 g/mol. The molecule has 28 heavy (non-hydrogen) atoms. The Balaban J connectivity index is 2.05. The molecule has 1 N–H and O–H groups in total. The maximum Gasteiger partial charge on any atom is 0.409 e. The van der Waals surface area contributed by atoms with Crippen molar-refractivity contribution in [2.75, 3.05) is 4.90 Å². The normalized spacial score (nSPS) is 18.4. The first kappa shape index (κ1) is 19.4. The summed E-state index contributed by atoms with van der Waals surface area (Å²) in [6, 6.07) is 16.9. The molecule has 3 rings (SSSR count). The van der Waals surface area contributed by atoms with Crippen LogP contribution in [0.2, 0.25) is 0 Å². The fourth-order valence-corrected chi connectivity index (χ4v) is 3.37. The van der Waals surface area contributed by atoms with Crippen molar-refractivity contribution < 1.29 is 14.3 Å². The summed E-state index contributed by atoms with van der Waals surface area (Å²) in [4.78, 5) is 27.4. The van der Waals surface area contributed by atoms with Gasteiger partial charge in [0.25, 0.3) is 5.91 Å². The Morgan fingerprint density at radius 1 is 1.18 bits per heavy atom. The van der Waals surface area contributed by atoms with Gasteiger partial charge in [-0.05, 0) is 38.8 Å². The summed E-state index contributed by atoms with van der Waals surface area (Å²) in [6.45, 7) is 7.35. The first-order valence-corrected chi connectivity index (χ1v) is 9.06. The van der Waals surface area contributed by atoms with Gasteiger partial charge in [-0.2, -0.15) is 5.26 Å². The summed E-state index contributed by atoms with van der Waals surface area (Å²) in [5.41, 5.74) is 0.316. The van der Waals surface area contributed by atoms with E-state index in [0.29, 0.717) is 17.8 Å². The van der Waals surface area contributed by atoms with E-state index in [0.717, 1.165) is 11.1 Å². The van der Waals surface area contributed by atoms with Crippen LogP contribution in [0.1, 0.15) is 37.5 Å². The molecule has 0 radical (unpaired) electrons. The molecule has 6 nitrogen and oxygen atoms in total. The van der Waals surface area contributed by atoms with E-state index in [2.05, 4.69) is 5.32 Å². The minimum Gasteiger partial charge on any atom is -0.444 e. The number of amides is 2. The van der Waals surface area contributed by atoms with Crippen LogP contribution >= 0.6 is 0 Å². The van der Waals surface area contributed by atoms with Crippen LogP contribution < -0.4 is 10.2 Å². The number of benzene rings is 2. The van der Waals surface area contributed by atoms with Gasteiger partial charge in [0.05, 0.1) is 12.2 Å². The molecule has 0 aliphatic carbocycles. The molecule has 0 aromatic heterocycles. The van der Waals surface area contributed by atoms with E-state index in [4.69, 9.17) is 4.74 Å². The van der Waals surface area contributed by atoms with Gasteiger partial charge in [-0.3, -0.25) is 10.1 Å². The lowest BCUT2D eigenvalue weighted by atomic mass is 9.92. The molecule has 0 spiro atoms. The Morgan fingerprint density at radius 2 is 1.86 bits per heavy atom. The summed E-state index contributed by atoms with van der Waals surface area (Å²) in [6.07, 6.45) is -0.809. The minimum atomic E-state index is -1.82. The highest BCUT2D eigenvalue weighted by atomic mass is 16.6. The van der Waals surface area contributed by atoms with Gasteiger partial charge in [-0.1, -0.05) is 48.5 Å². The lowest BCUT2D eigenvalue weighted by molar-refractivity contribution is -0.122. The van der Waals surface area contributed by atoms with E-state index < -0.39 is 23.1 Å².